The van der Waals surface area contributed by atoms with Gasteiger partial charge in [-0.25, -0.2) is 0 Å². The average Bonchev–Trinajstić information content (AvgIpc) is 3.41. The smallest absolute Gasteiger partial charge is 0.306 e. The molecule has 0 N–H and O–H groups in total. The minimum absolute atomic E-state index is 0.0674. The van der Waals surface area contributed by atoms with E-state index in [-0.39, 0.29) is 31.1 Å². The van der Waals surface area contributed by atoms with Gasteiger partial charge in [0.05, 0.1) is 0 Å². The third-order valence-corrected chi connectivity index (χ3v) is 15.1. The lowest BCUT2D eigenvalue weighted by molar-refractivity contribution is -0.167. The van der Waals surface area contributed by atoms with Crippen molar-refractivity contribution >= 4 is 17.9 Å². The molecule has 0 bridgehead atoms. The molecule has 75 heavy (non-hydrogen) atoms. The van der Waals surface area contributed by atoms with Gasteiger partial charge >= 0.3 is 17.9 Å². The number of hydrogen-bond donors (Lipinski definition) is 0. The largest absolute Gasteiger partial charge is 0.462 e. The SMILES string of the molecule is CCCCCCC/C=C\C/C=C\C/C=C\CCCCCCCCCCCCC(=O)OCC(COC(=O)CCCCCCCCCCCCCC)OC(=O)CCCCCCCCCCCCCCCCCCCCCC. The molecule has 0 saturated heterocycles. The summed E-state index contributed by atoms with van der Waals surface area (Å²) in [5.74, 6) is -0.845. The van der Waals surface area contributed by atoms with E-state index in [9.17, 15) is 14.4 Å². The van der Waals surface area contributed by atoms with Gasteiger partial charge in [0.1, 0.15) is 13.2 Å². The van der Waals surface area contributed by atoms with Crippen LogP contribution in [0.4, 0.5) is 0 Å². The maximum atomic E-state index is 12.9. The predicted octanol–water partition coefficient (Wildman–Crippen LogP) is 22.8. The standard InChI is InChI=1S/C69H128O6/c1-4-7-10-13-16-19-22-25-27-29-31-33-34-35-36-37-39-40-42-44-47-50-53-56-59-62-68(71)74-65-66(64-73-67(70)61-58-55-52-49-46-24-21-18-15-12-9-6-3)75-69(72)63-60-57-54-51-48-45-43-41-38-32-30-28-26-23-20-17-14-11-8-5-2/h22,25,29,31,34-35,66H,4-21,23-24,26-28,30,32-33,36-65H2,1-3H3/b25-22-,31-29-,35-34-. The summed E-state index contributed by atoms with van der Waals surface area (Å²) in [6.45, 7) is 6.69. The maximum absolute atomic E-state index is 12.9. The van der Waals surface area contributed by atoms with Crippen LogP contribution in [-0.2, 0) is 28.6 Å². The van der Waals surface area contributed by atoms with Crippen LogP contribution in [0.2, 0.25) is 0 Å². The van der Waals surface area contributed by atoms with Crippen LogP contribution in [0.5, 0.6) is 0 Å². The fourth-order valence-corrected chi connectivity index (χ4v) is 10.1. The second kappa shape index (κ2) is 64.2. The lowest BCUT2D eigenvalue weighted by Crippen LogP contribution is -2.30. The van der Waals surface area contributed by atoms with Crippen molar-refractivity contribution in [3.05, 3.63) is 36.5 Å². The molecule has 0 aromatic rings. The van der Waals surface area contributed by atoms with Crippen LogP contribution in [0.25, 0.3) is 0 Å². The molecular weight excluding hydrogens is 925 g/mol. The molecule has 1 unspecified atom stereocenters. The van der Waals surface area contributed by atoms with Gasteiger partial charge in [-0.3, -0.25) is 14.4 Å². The third kappa shape index (κ3) is 62.4. The fourth-order valence-electron chi connectivity index (χ4n) is 10.1. The molecule has 0 radical (unpaired) electrons. The molecular formula is C69H128O6. The minimum Gasteiger partial charge on any atom is -0.462 e. The Labute approximate surface area is 467 Å². The van der Waals surface area contributed by atoms with Crippen molar-refractivity contribution < 1.29 is 28.6 Å². The Morgan fingerprint density at radius 1 is 0.267 bits per heavy atom. The molecule has 0 fully saturated rings. The lowest BCUT2D eigenvalue weighted by Gasteiger charge is -2.18. The maximum Gasteiger partial charge on any atom is 0.306 e. The van der Waals surface area contributed by atoms with E-state index in [2.05, 4.69) is 57.2 Å². The van der Waals surface area contributed by atoms with Gasteiger partial charge < -0.3 is 14.2 Å². The van der Waals surface area contributed by atoms with Crippen LogP contribution < -0.4 is 0 Å². The Bertz CT molecular complexity index is 1250. The molecule has 0 aromatic heterocycles. The van der Waals surface area contributed by atoms with Crippen LogP contribution in [0, 0.1) is 0 Å². The number of carbonyl (C=O) groups excluding carboxylic acids is 3. The monoisotopic (exact) mass is 1050 g/mol. The number of allylic oxidation sites excluding steroid dienone is 6. The topological polar surface area (TPSA) is 78.9 Å². The molecule has 0 aliphatic carbocycles. The first-order valence-electron chi connectivity index (χ1n) is 33.5. The minimum atomic E-state index is -0.770. The highest BCUT2D eigenvalue weighted by atomic mass is 16.6. The van der Waals surface area contributed by atoms with Crippen LogP contribution in [0.3, 0.4) is 0 Å². The predicted molar refractivity (Wildman–Crippen MR) is 326 cm³/mol. The molecule has 0 saturated carbocycles. The van der Waals surface area contributed by atoms with Gasteiger partial charge in [-0.15, -0.1) is 0 Å². The Kier molecular flexibility index (Phi) is 62.1. The van der Waals surface area contributed by atoms with E-state index >= 15 is 0 Å². The van der Waals surface area contributed by atoms with E-state index in [1.165, 1.54) is 257 Å². The van der Waals surface area contributed by atoms with Crippen LogP contribution in [0.15, 0.2) is 36.5 Å². The molecule has 0 aliphatic heterocycles. The van der Waals surface area contributed by atoms with E-state index in [0.717, 1.165) is 70.6 Å². The van der Waals surface area contributed by atoms with Crippen molar-refractivity contribution in [3.8, 4) is 0 Å². The Morgan fingerprint density at radius 3 is 0.747 bits per heavy atom. The van der Waals surface area contributed by atoms with Crippen molar-refractivity contribution in [2.75, 3.05) is 13.2 Å². The molecule has 440 valence electrons. The highest BCUT2D eigenvalue weighted by Crippen LogP contribution is 2.18. The first-order chi connectivity index (χ1) is 37.0. The van der Waals surface area contributed by atoms with E-state index < -0.39 is 6.10 Å². The Morgan fingerprint density at radius 2 is 0.480 bits per heavy atom. The number of ether oxygens (including phenoxy) is 3. The second-order valence-corrected chi connectivity index (χ2v) is 22.7. The fraction of sp³-hybridized carbons (Fsp3) is 0.870. The zero-order valence-electron chi connectivity index (χ0n) is 50.6. The van der Waals surface area contributed by atoms with Crippen molar-refractivity contribution in [3.63, 3.8) is 0 Å². The van der Waals surface area contributed by atoms with Crippen molar-refractivity contribution in [2.24, 2.45) is 0 Å². The van der Waals surface area contributed by atoms with Crippen LogP contribution in [-0.4, -0.2) is 37.2 Å². The molecule has 0 amide bonds. The molecule has 0 aliphatic rings. The van der Waals surface area contributed by atoms with E-state index in [1.807, 2.05) is 0 Å². The summed E-state index contributed by atoms with van der Waals surface area (Å²) in [7, 11) is 0. The molecule has 0 heterocycles. The van der Waals surface area contributed by atoms with Gasteiger partial charge in [-0.2, -0.15) is 0 Å². The van der Waals surface area contributed by atoms with Gasteiger partial charge in [0.2, 0.25) is 0 Å². The normalized spacial score (nSPS) is 12.2. The first kappa shape index (κ1) is 72.6. The summed E-state index contributed by atoms with van der Waals surface area (Å²) in [6, 6.07) is 0. The van der Waals surface area contributed by atoms with Crippen molar-refractivity contribution in [1.29, 1.82) is 0 Å². The molecule has 1 atom stereocenters. The molecule has 6 nitrogen and oxygen atoms in total. The quantitative estimate of drug-likeness (QED) is 0.0261. The average molecular weight is 1050 g/mol. The van der Waals surface area contributed by atoms with Gasteiger partial charge in [0.25, 0.3) is 0 Å². The summed E-state index contributed by atoms with van der Waals surface area (Å²) in [6.07, 6.45) is 78.7. The van der Waals surface area contributed by atoms with E-state index in [1.54, 1.807) is 0 Å². The van der Waals surface area contributed by atoms with Crippen molar-refractivity contribution in [2.45, 2.75) is 374 Å². The van der Waals surface area contributed by atoms with E-state index in [4.69, 9.17) is 14.2 Å². The van der Waals surface area contributed by atoms with E-state index in [0.29, 0.717) is 19.3 Å². The second-order valence-electron chi connectivity index (χ2n) is 22.7. The van der Waals surface area contributed by atoms with Gasteiger partial charge in [-0.1, -0.05) is 327 Å². The molecule has 6 heteroatoms. The van der Waals surface area contributed by atoms with Crippen LogP contribution >= 0.6 is 0 Å². The van der Waals surface area contributed by atoms with Crippen LogP contribution in [0.1, 0.15) is 367 Å². The summed E-state index contributed by atoms with van der Waals surface area (Å²) >= 11 is 0. The number of carbonyl (C=O) groups is 3. The Hall–Kier alpha value is -2.37. The number of unbranched alkanes of at least 4 members (excludes halogenated alkanes) is 45. The third-order valence-electron chi connectivity index (χ3n) is 15.1. The molecule has 0 aromatic carbocycles. The van der Waals surface area contributed by atoms with Gasteiger partial charge in [0.15, 0.2) is 6.10 Å². The highest BCUT2D eigenvalue weighted by Gasteiger charge is 2.19. The summed E-state index contributed by atoms with van der Waals surface area (Å²) in [5.41, 5.74) is 0. The van der Waals surface area contributed by atoms with Gasteiger partial charge in [0, 0.05) is 19.3 Å². The number of hydrogen-bond acceptors (Lipinski definition) is 6. The van der Waals surface area contributed by atoms with Gasteiger partial charge in [-0.05, 0) is 57.8 Å². The summed E-state index contributed by atoms with van der Waals surface area (Å²) in [4.78, 5) is 38.3. The lowest BCUT2D eigenvalue weighted by atomic mass is 10.0. The summed E-state index contributed by atoms with van der Waals surface area (Å²) in [5, 5.41) is 0. The number of rotatable bonds is 62. The number of esters is 3. The Balaban J connectivity index is 4.24. The molecule has 0 spiro atoms. The zero-order chi connectivity index (χ0) is 54.3. The highest BCUT2D eigenvalue weighted by molar-refractivity contribution is 5.71. The first-order valence-corrected chi connectivity index (χ1v) is 33.5. The molecule has 0 rings (SSSR count). The van der Waals surface area contributed by atoms with Crippen molar-refractivity contribution in [1.82, 2.24) is 0 Å². The summed E-state index contributed by atoms with van der Waals surface area (Å²) < 4.78 is 17.0. The zero-order valence-corrected chi connectivity index (χ0v) is 50.6.